The van der Waals surface area contributed by atoms with Crippen molar-refractivity contribution in [1.29, 1.82) is 0 Å². The van der Waals surface area contributed by atoms with Gasteiger partial charge in [-0.05, 0) is 49.1 Å². The highest BCUT2D eigenvalue weighted by molar-refractivity contribution is 6.19. The van der Waals surface area contributed by atoms with Crippen LogP contribution < -0.4 is 14.4 Å². The second-order valence-electron chi connectivity index (χ2n) is 7.88. The van der Waals surface area contributed by atoms with Crippen molar-refractivity contribution < 1.29 is 37.3 Å². The maximum Gasteiger partial charge on any atom is 0.387 e. The number of benzene rings is 3. The topological polar surface area (TPSA) is 76.1 Å². The predicted molar refractivity (Wildman–Crippen MR) is 115 cm³/mol. The summed E-state index contributed by atoms with van der Waals surface area (Å²) in [5.41, 5.74) is 0.727. The normalized spacial score (nSPS) is 13.2. The van der Waals surface area contributed by atoms with Crippen molar-refractivity contribution >= 4 is 28.3 Å². The summed E-state index contributed by atoms with van der Waals surface area (Å²) in [5, 5.41) is 9.59. The van der Waals surface area contributed by atoms with Gasteiger partial charge in [-0.15, -0.1) is 0 Å². The summed E-state index contributed by atoms with van der Waals surface area (Å²) in [5.74, 6) is -2.25. The number of ether oxygens (including phenoxy) is 2. The number of hydrogen-bond acceptors (Lipinski definition) is 4. The first kappa shape index (κ1) is 22.4. The summed E-state index contributed by atoms with van der Waals surface area (Å²) in [4.78, 5) is 25.6. The molecule has 172 valence electrons. The van der Waals surface area contributed by atoms with E-state index in [-0.39, 0.29) is 47.0 Å². The van der Waals surface area contributed by atoms with E-state index < -0.39 is 24.3 Å². The number of nitrogens with zero attached hydrogens (tertiary/aromatic N) is 1. The van der Waals surface area contributed by atoms with Crippen molar-refractivity contribution in [1.82, 2.24) is 0 Å². The quantitative estimate of drug-likeness (QED) is 0.529. The van der Waals surface area contributed by atoms with Gasteiger partial charge in [-0.3, -0.25) is 9.59 Å². The van der Waals surface area contributed by atoms with E-state index in [1.807, 2.05) is 13.8 Å². The van der Waals surface area contributed by atoms with E-state index >= 15 is 0 Å². The third kappa shape index (κ3) is 4.30. The average molecular weight is 459 g/mol. The van der Waals surface area contributed by atoms with Gasteiger partial charge in [0, 0.05) is 10.9 Å². The number of carbonyl (C=O) groups excluding carboxylic acids is 1. The lowest BCUT2D eigenvalue weighted by atomic mass is 9.98. The van der Waals surface area contributed by atoms with Crippen LogP contribution in [0.3, 0.4) is 0 Å². The van der Waals surface area contributed by atoms with Crippen molar-refractivity contribution in [3.63, 3.8) is 0 Å². The molecule has 33 heavy (non-hydrogen) atoms. The van der Waals surface area contributed by atoms with Gasteiger partial charge in [0.15, 0.2) is 0 Å². The van der Waals surface area contributed by atoms with Crippen LogP contribution in [0.25, 0.3) is 10.8 Å². The minimum atomic E-state index is -3.09. The zero-order valence-electron chi connectivity index (χ0n) is 17.8. The lowest BCUT2D eigenvalue weighted by molar-refractivity contribution is -0.136. The lowest BCUT2D eigenvalue weighted by Crippen LogP contribution is -2.24. The molecule has 0 radical (unpaired) electrons. The number of fused-ring (bicyclic) bond motifs is 3. The molecule has 3 aromatic carbocycles. The molecule has 0 aliphatic carbocycles. The summed E-state index contributed by atoms with van der Waals surface area (Å²) in [6, 6.07) is 10.00. The second-order valence-corrected chi connectivity index (χ2v) is 7.88. The fourth-order valence-corrected chi connectivity index (χ4v) is 4.00. The number of aliphatic carboxylic acids is 1. The second kappa shape index (κ2) is 8.65. The maximum absolute atomic E-state index is 14.9. The molecule has 3 aromatic rings. The van der Waals surface area contributed by atoms with E-state index in [0.29, 0.717) is 16.7 Å². The van der Waals surface area contributed by atoms with E-state index in [1.165, 1.54) is 29.2 Å². The molecule has 1 aliphatic rings. The van der Waals surface area contributed by atoms with E-state index in [4.69, 9.17) is 9.84 Å². The van der Waals surface area contributed by atoms with Gasteiger partial charge in [-0.1, -0.05) is 18.2 Å². The van der Waals surface area contributed by atoms with Crippen LogP contribution in [0.2, 0.25) is 0 Å². The van der Waals surface area contributed by atoms with Crippen molar-refractivity contribution in [3.8, 4) is 11.5 Å². The van der Waals surface area contributed by atoms with Crippen LogP contribution in [0.5, 0.6) is 11.5 Å². The Bertz CT molecular complexity index is 1260. The maximum atomic E-state index is 14.9. The highest BCUT2D eigenvalue weighted by Crippen LogP contribution is 2.43. The molecule has 0 bridgehead atoms. The van der Waals surface area contributed by atoms with Gasteiger partial charge in [0.25, 0.3) is 5.91 Å². The predicted octanol–water partition coefficient (Wildman–Crippen LogP) is 5.16. The van der Waals surface area contributed by atoms with Crippen LogP contribution in [0, 0.1) is 5.82 Å². The van der Waals surface area contributed by atoms with Crippen LogP contribution in [0.4, 0.5) is 18.9 Å². The van der Waals surface area contributed by atoms with E-state index in [2.05, 4.69) is 4.74 Å². The number of amides is 1. The summed E-state index contributed by atoms with van der Waals surface area (Å²) < 4.78 is 51.5. The first-order valence-corrected chi connectivity index (χ1v) is 10.2. The molecule has 4 rings (SSSR count). The van der Waals surface area contributed by atoms with Gasteiger partial charge in [0.05, 0.1) is 30.3 Å². The van der Waals surface area contributed by atoms with Crippen molar-refractivity contribution in [2.75, 3.05) is 4.90 Å². The standard InChI is InChI=1S/C24H20F3NO5/c1-12(2)32-19-10-14-4-3-5-18(33-24(26)27)21(14)22-15(19)11-28(23(22)31)17-7-6-13(8-16(17)25)9-20(29)30/h3-8,10,12,24H,9,11H2,1-2H3,(H,29,30). The lowest BCUT2D eigenvalue weighted by Gasteiger charge is -2.17. The fraction of sp³-hybridized carbons (Fsp3) is 0.250. The number of rotatable bonds is 7. The summed E-state index contributed by atoms with van der Waals surface area (Å²) in [7, 11) is 0. The third-order valence-corrected chi connectivity index (χ3v) is 5.21. The first-order valence-electron chi connectivity index (χ1n) is 10.2. The number of carbonyl (C=O) groups is 2. The Hall–Kier alpha value is -3.75. The highest BCUT2D eigenvalue weighted by atomic mass is 19.3. The number of halogens is 3. The van der Waals surface area contributed by atoms with Gasteiger partial charge in [0.1, 0.15) is 17.3 Å². The largest absolute Gasteiger partial charge is 0.491 e. The first-order chi connectivity index (χ1) is 15.7. The van der Waals surface area contributed by atoms with Crippen LogP contribution in [0.15, 0.2) is 42.5 Å². The number of carboxylic acid groups (broad SMARTS) is 1. The van der Waals surface area contributed by atoms with Gasteiger partial charge in [0.2, 0.25) is 0 Å². The molecule has 9 heteroatoms. The van der Waals surface area contributed by atoms with E-state index in [1.54, 1.807) is 12.1 Å². The highest BCUT2D eigenvalue weighted by Gasteiger charge is 2.36. The average Bonchev–Trinajstić information content (AvgIpc) is 3.04. The van der Waals surface area contributed by atoms with Crippen LogP contribution in [-0.4, -0.2) is 29.7 Å². The number of carboxylic acids is 1. The van der Waals surface area contributed by atoms with E-state index in [0.717, 1.165) is 6.07 Å². The molecule has 0 atom stereocenters. The summed E-state index contributed by atoms with van der Waals surface area (Å²) in [6.07, 6.45) is -0.597. The molecule has 0 spiro atoms. The molecule has 1 N–H and O–H groups in total. The fourth-order valence-electron chi connectivity index (χ4n) is 4.00. The molecule has 0 unspecified atom stereocenters. The van der Waals surface area contributed by atoms with Gasteiger partial charge < -0.3 is 19.5 Å². The molecule has 6 nitrogen and oxygen atoms in total. The van der Waals surface area contributed by atoms with Gasteiger partial charge in [-0.2, -0.15) is 8.78 Å². The Morgan fingerprint density at radius 2 is 1.88 bits per heavy atom. The molecule has 1 aliphatic heterocycles. The Balaban J connectivity index is 1.86. The smallest absolute Gasteiger partial charge is 0.387 e. The number of alkyl halides is 2. The van der Waals surface area contributed by atoms with Crippen LogP contribution in [0.1, 0.15) is 35.3 Å². The third-order valence-electron chi connectivity index (χ3n) is 5.21. The molecular weight excluding hydrogens is 439 g/mol. The molecular formula is C24H20F3NO5. The minimum absolute atomic E-state index is 0.0512. The Morgan fingerprint density at radius 3 is 2.52 bits per heavy atom. The molecule has 0 fully saturated rings. The van der Waals surface area contributed by atoms with Crippen molar-refractivity contribution in [3.05, 3.63) is 65.0 Å². The number of anilines is 1. The Kier molecular flexibility index (Phi) is 5.88. The van der Waals surface area contributed by atoms with Crippen molar-refractivity contribution in [2.24, 2.45) is 0 Å². The minimum Gasteiger partial charge on any atom is -0.491 e. The van der Waals surface area contributed by atoms with Gasteiger partial charge in [-0.25, -0.2) is 4.39 Å². The van der Waals surface area contributed by atoms with Crippen LogP contribution >= 0.6 is 0 Å². The summed E-state index contributed by atoms with van der Waals surface area (Å²) >= 11 is 0. The number of hydrogen-bond donors (Lipinski definition) is 1. The molecule has 1 amide bonds. The Labute approximate surface area is 187 Å². The zero-order valence-corrected chi connectivity index (χ0v) is 17.8. The zero-order chi connectivity index (χ0) is 23.9. The monoisotopic (exact) mass is 459 g/mol. The molecule has 1 heterocycles. The van der Waals surface area contributed by atoms with Gasteiger partial charge >= 0.3 is 12.6 Å². The molecule has 0 saturated carbocycles. The van der Waals surface area contributed by atoms with Crippen LogP contribution in [-0.2, 0) is 17.8 Å². The van der Waals surface area contributed by atoms with Crippen molar-refractivity contribution in [2.45, 2.75) is 39.5 Å². The molecule has 0 aromatic heterocycles. The van der Waals surface area contributed by atoms with E-state index in [9.17, 15) is 22.8 Å². The SMILES string of the molecule is CC(C)Oc1cc2cccc(OC(F)F)c2c2c1CN(c1ccc(CC(=O)O)cc1F)C2=O. The summed E-state index contributed by atoms with van der Waals surface area (Å²) in [6.45, 7) is 0.472. The molecule has 0 saturated heterocycles. The Morgan fingerprint density at radius 1 is 1.12 bits per heavy atom.